The number of rotatable bonds is 7. The van der Waals surface area contributed by atoms with Gasteiger partial charge in [0, 0.05) is 20.5 Å². The molecule has 1 atom stereocenters. The molecule has 0 bridgehead atoms. The summed E-state index contributed by atoms with van der Waals surface area (Å²) in [5, 5.41) is 7.79. The maximum Gasteiger partial charge on any atom is 0.355 e. The summed E-state index contributed by atoms with van der Waals surface area (Å²) in [6, 6.07) is 14.0. The first-order chi connectivity index (χ1) is 20.3. The molecule has 2 amide bonds. The number of amides is 2. The first-order valence-electron chi connectivity index (χ1n) is 13.2. The summed E-state index contributed by atoms with van der Waals surface area (Å²) in [6.07, 6.45) is 3.67. The predicted octanol–water partition coefficient (Wildman–Crippen LogP) is 6.23. The van der Waals surface area contributed by atoms with Gasteiger partial charge in [-0.05, 0) is 55.9 Å². The van der Waals surface area contributed by atoms with Gasteiger partial charge in [0.25, 0.3) is 0 Å². The molecule has 0 aliphatic heterocycles. The summed E-state index contributed by atoms with van der Waals surface area (Å²) < 4.78 is 11.7. The first kappa shape index (κ1) is 29.4. The Morgan fingerprint density at radius 3 is 2.60 bits per heavy atom. The van der Waals surface area contributed by atoms with Crippen LogP contribution in [0.15, 0.2) is 53.6 Å². The Morgan fingerprint density at radius 2 is 1.81 bits per heavy atom. The smallest absolute Gasteiger partial charge is 0.355 e. The van der Waals surface area contributed by atoms with Crippen molar-refractivity contribution in [2.75, 3.05) is 11.9 Å². The van der Waals surface area contributed by atoms with Crippen molar-refractivity contribution in [1.82, 2.24) is 5.43 Å². The number of ether oxygens (including phenoxy) is 2. The topological polar surface area (TPSA) is 123 Å². The van der Waals surface area contributed by atoms with Gasteiger partial charge in [-0.2, -0.15) is 5.10 Å². The van der Waals surface area contributed by atoms with Crippen molar-refractivity contribution < 1.29 is 28.7 Å². The van der Waals surface area contributed by atoms with E-state index in [4.69, 9.17) is 21.1 Å². The van der Waals surface area contributed by atoms with Crippen molar-refractivity contribution in [2.45, 2.75) is 33.1 Å². The highest BCUT2D eigenvalue weighted by molar-refractivity contribution is 7.21. The SMILES string of the molecule is CCOC(=O)c1c(NC(=O)C(=O)NN=Cc2ccccc2OC(=O)c2sc3ccccc3c2Cl)sc2c1CCC(C)C2. The average Bonchev–Trinajstić information content (AvgIpc) is 3.50. The van der Waals surface area contributed by atoms with Crippen LogP contribution in [0.4, 0.5) is 5.00 Å². The minimum absolute atomic E-state index is 0.191. The van der Waals surface area contributed by atoms with Crippen LogP contribution >= 0.6 is 34.3 Å². The lowest BCUT2D eigenvalue weighted by atomic mass is 9.88. The number of esters is 2. The molecule has 4 aromatic rings. The molecule has 216 valence electrons. The van der Waals surface area contributed by atoms with Crippen LogP contribution in [0, 0.1) is 5.92 Å². The fourth-order valence-electron chi connectivity index (χ4n) is 4.60. The molecular weight excluding hydrogens is 598 g/mol. The molecule has 0 fully saturated rings. The number of halogens is 1. The molecular formula is C30H26ClN3O6S2. The van der Waals surface area contributed by atoms with Gasteiger partial charge < -0.3 is 14.8 Å². The van der Waals surface area contributed by atoms with E-state index in [1.54, 1.807) is 31.2 Å². The summed E-state index contributed by atoms with van der Waals surface area (Å²) >= 11 is 8.93. The number of carbonyl (C=O) groups is 4. The molecule has 2 heterocycles. The standard InChI is InChI=1S/C30H26ClN3O6S2/c1-3-39-29(37)23-18-13-12-16(2)14-22(18)42-28(23)33-26(35)27(36)34-32-15-17-8-4-6-10-20(17)40-30(38)25-24(31)19-9-5-7-11-21(19)41-25/h4-11,15-16H,3,12-14H2,1-2H3,(H,33,35)(H,34,36). The number of hydrogen-bond acceptors (Lipinski definition) is 9. The Morgan fingerprint density at radius 1 is 1.05 bits per heavy atom. The molecule has 1 aliphatic rings. The van der Waals surface area contributed by atoms with Gasteiger partial charge in [-0.25, -0.2) is 15.0 Å². The average molecular weight is 624 g/mol. The number of nitrogens with one attached hydrogen (secondary N) is 2. The summed E-state index contributed by atoms with van der Waals surface area (Å²) in [6.45, 7) is 4.03. The molecule has 2 aromatic heterocycles. The Bertz CT molecular complexity index is 1730. The zero-order valence-electron chi connectivity index (χ0n) is 22.7. The molecule has 1 aliphatic carbocycles. The second-order valence-corrected chi connectivity index (χ2v) is 12.1. The van der Waals surface area contributed by atoms with Crippen molar-refractivity contribution in [3.63, 3.8) is 0 Å². The second-order valence-electron chi connectivity index (χ2n) is 9.60. The summed E-state index contributed by atoms with van der Waals surface area (Å²) in [7, 11) is 0. The van der Waals surface area contributed by atoms with Crippen LogP contribution in [0.2, 0.25) is 5.02 Å². The van der Waals surface area contributed by atoms with E-state index in [2.05, 4.69) is 22.8 Å². The number of anilines is 1. The van der Waals surface area contributed by atoms with Gasteiger partial charge in [-0.1, -0.05) is 48.9 Å². The van der Waals surface area contributed by atoms with E-state index in [0.717, 1.165) is 33.4 Å². The monoisotopic (exact) mass is 623 g/mol. The van der Waals surface area contributed by atoms with E-state index in [1.165, 1.54) is 28.9 Å². The molecule has 0 radical (unpaired) electrons. The van der Waals surface area contributed by atoms with E-state index in [1.807, 2.05) is 24.3 Å². The summed E-state index contributed by atoms with van der Waals surface area (Å²) in [5.74, 6) is -2.53. The lowest BCUT2D eigenvalue weighted by Gasteiger charge is -2.18. The molecule has 0 spiro atoms. The Hall–Kier alpha value is -4.06. The summed E-state index contributed by atoms with van der Waals surface area (Å²) in [4.78, 5) is 52.2. The van der Waals surface area contributed by atoms with Gasteiger partial charge >= 0.3 is 23.8 Å². The Labute approximate surface area is 254 Å². The van der Waals surface area contributed by atoms with Crippen molar-refractivity contribution in [3.8, 4) is 5.75 Å². The molecule has 42 heavy (non-hydrogen) atoms. The fourth-order valence-corrected chi connectivity index (χ4v) is 7.38. The maximum atomic E-state index is 12.9. The third-order valence-corrected chi connectivity index (χ3v) is 9.46. The molecule has 0 saturated heterocycles. The third kappa shape index (κ3) is 6.23. The number of benzene rings is 2. The van der Waals surface area contributed by atoms with Gasteiger partial charge in [0.05, 0.1) is 23.4 Å². The first-order valence-corrected chi connectivity index (χ1v) is 15.2. The molecule has 1 unspecified atom stereocenters. The van der Waals surface area contributed by atoms with E-state index in [9.17, 15) is 19.2 Å². The number of carbonyl (C=O) groups excluding carboxylic acids is 4. The largest absolute Gasteiger partial charge is 0.462 e. The van der Waals surface area contributed by atoms with Crippen LogP contribution in [-0.4, -0.2) is 36.6 Å². The van der Waals surface area contributed by atoms with E-state index in [0.29, 0.717) is 28.5 Å². The zero-order valence-corrected chi connectivity index (χ0v) is 25.1. The highest BCUT2D eigenvalue weighted by atomic mass is 35.5. The number of para-hydroxylation sites is 1. The van der Waals surface area contributed by atoms with Gasteiger partial charge in [0.15, 0.2) is 0 Å². The van der Waals surface area contributed by atoms with Gasteiger partial charge in [0.1, 0.15) is 15.6 Å². The van der Waals surface area contributed by atoms with Crippen molar-refractivity contribution >= 4 is 79.3 Å². The highest BCUT2D eigenvalue weighted by Crippen LogP contribution is 2.40. The van der Waals surface area contributed by atoms with Crippen molar-refractivity contribution in [1.29, 1.82) is 0 Å². The Balaban J connectivity index is 1.26. The van der Waals surface area contributed by atoms with Gasteiger partial charge in [0.2, 0.25) is 0 Å². The normalized spacial score (nSPS) is 14.4. The quantitative estimate of drug-likeness (QED) is 0.0828. The second kappa shape index (κ2) is 12.8. The number of hydrazone groups is 1. The molecule has 5 rings (SSSR count). The van der Waals surface area contributed by atoms with Crippen LogP contribution in [0.3, 0.4) is 0 Å². The summed E-state index contributed by atoms with van der Waals surface area (Å²) in [5.41, 5.74) is 3.74. The lowest BCUT2D eigenvalue weighted by molar-refractivity contribution is -0.136. The molecule has 2 N–H and O–H groups in total. The van der Waals surface area contributed by atoms with E-state index < -0.39 is 23.8 Å². The van der Waals surface area contributed by atoms with Crippen LogP contribution in [0.25, 0.3) is 10.1 Å². The fraction of sp³-hybridized carbons (Fsp3) is 0.233. The van der Waals surface area contributed by atoms with E-state index in [-0.39, 0.29) is 22.2 Å². The maximum absolute atomic E-state index is 12.9. The zero-order chi connectivity index (χ0) is 29.8. The van der Waals surface area contributed by atoms with Gasteiger partial charge in [-0.15, -0.1) is 22.7 Å². The lowest BCUT2D eigenvalue weighted by Crippen LogP contribution is -2.32. The minimum Gasteiger partial charge on any atom is -0.462 e. The van der Waals surface area contributed by atoms with Crippen LogP contribution in [0.5, 0.6) is 5.75 Å². The number of thiophene rings is 2. The Kier molecular flexibility index (Phi) is 9.00. The minimum atomic E-state index is -1.03. The van der Waals surface area contributed by atoms with Crippen molar-refractivity contribution in [2.24, 2.45) is 11.0 Å². The molecule has 2 aromatic carbocycles. The van der Waals surface area contributed by atoms with Gasteiger partial charge in [-0.3, -0.25) is 9.59 Å². The number of fused-ring (bicyclic) bond motifs is 2. The van der Waals surface area contributed by atoms with E-state index >= 15 is 0 Å². The number of hydrogen-bond donors (Lipinski definition) is 2. The van der Waals surface area contributed by atoms with Crippen LogP contribution in [0.1, 0.15) is 56.3 Å². The van der Waals surface area contributed by atoms with Crippen LogP contribution < -0.4 is 15.5 Å². The third-order valence-electron chi connectivity index (χ3n) is 6.64. The highest BCUT2D eigenvalue weighted by Gasteiger charge is 2.30. The molecule has 12 heteroatoms. The van der Waals surface area contributed by atoms with Crippen LogP contribution in [-0.2, 0) is 27.2 Å². The molecule has 0 saturated carbocycles. The number of nitrogens with zero attached hydrogens (tertiary/aromatic N) is 1. The van der Waals surface area contributed by atoms with Crippen molar-refractivity contribution in [3.05, 3.63) is 80.0 Å². The molecule has 9 nitrogen and oxygen atoms in total. The predicted molar refractivity (Wildman–Crippen MR) is 164 cm³/mol.